The molecule has 29 heavy (non-hydrogen) atoms. The molecule has 154 valence electrons. The van der Waals surface area contributed by atoms with Gasteiger partial charge in [0.15, 0.2) is 0 Å². The number of nitrogens with zero attached hydrogens (tertiary/aromatic N) is 2. The first-order valence-electron chi connectivity index (χ1n) is 9.89. The number of nitrogens with one attached hydrogen (secondary N) is 1. The lowest BCUT2D eigenvalue weighted by atomic mass is 9.89. The third-order valence-electron chi connectivity index (χ3n) is 5.62. The van der Waals surface area contributed by atoms with Gasteiger partial charge < -0.3 is 10.1 Å². The summed E-state index contributed by atoms with van der Waals surface area (Å²) in [4.78, 5) is 25.4. The number of likely N-dealkylation sites (tertiary alicyclic amines) is 1. The van der Waals surface area contributed by atoms with Crippen molar-refractivity contribution in [3.8, 4) is 5.75 Å². The van der Waals surface area contributed by atoms with Crippen LogP contribution >= 0.6 is 0 Å². The molecule has 7 nitrogen and oxygen atoms in total. The number of rotatable bonds is 7. The summed E-state index contributed by atoms with van der Waals surface area (Å²) >= 11 is 0. The fourth-order valence-electron chi connectivity index (χ4n) is 3.78. The second-order valence-corrected chi connectivity index (χ2v) is 7.47. The number of nitro groups is 1. The zero-order valence-electron chi connectivity index (χ0n) is 16.8. The minimum Gasteiger partial charge on any atom is -0.497 e. The molecule has 2 aromatic carbocycles. The van der Waals surface area contributed by atoms with Gasteiger partial charge in [-0.3, -0.25) is 19.8 Å². The molecule has 7 heteroatoms. The zero-order valence-corrected chi connectivity index (χ0v) is 16.8. The van der Waals surface area contributed by atoms with Gasteiger partial charge in [-0.1, -0.05) is 24.3 Å². The minimum atomic E-state index is -0.481. The van der Waals surface area contributed by atoms with Crippen molar-refractivity contribution >= 4 is 17.3 Å². The van der Waals surface area contributed by atoms with Crippen molar-refractivity contribution in [1.29, 1.82) is 0 Å². The van der Waals surface area contributed by atoms with Crippen molar-refractivity contribution in [3.05, 3.63) is 64.2 Å². The number of benzene rings is 2. The van der Waals surface area contributed by atoms with E-state index < -0.39 is 4.92 Å². The maximum Gasteiger partial charge on any atom is 0.292 e. The van der Waals surface area contributed by atoms with E-state index in [9.17, 15) is 14.9 Å². The van der Waals surface area contributed by atoms with Crippen molar-refractivity contribution in [2.45, 2.75) is 32.2 Å². The quantitative estimate of drug-likeness (QED) is 0.566. The molecule has 0 spiro atoms. The molecule has 2 aromatic rings. The maximum absolute atomic E-state index is 12.6. The van der Waals surface area contributed by atoms with Crippen molar-refractivity contribution in [2.24, 2.45) is 5.92 Å². The van der Waals surface area contributed by atoms with Crippen LogP contribution in [0.2, 0.25) is 0 Å². The summed E-state index contributed by atoms with van der Waals surface area (Å²) in [6, 6.07) is 14.1. The Labute approximate surface area is 170 Å². The summed E-state index contributed by atoms with van der Waals surface area (Å²) < 4.78 is 5.20. The predicted molar refractivity (Wildman–Crippen MR) is 112 cm³/mol. The molecule has 1 fully saturated rings. The van der Waals surface area contributed by atoms with Gasteiger partial charge in [-0.2, -0.15) is 0 Å². The van der Waals surface area contributed by atoms with Gasteiger partial charge in [0.1, 0.15) is 11.4 Å². The average Bonchev–Trinajstić information content (AvgIpc) is 2.74. The van der Waals surface area contributed by atoms with Crippen LogP contribution in [0.4, 0.5) is 11.4 Å². The zero-order chi connectivity index (χ0) is 20.8. The van der Waals surface area contributed by atoms with E-state index in [1.54, 1.807) is 25.3 Å². The van der Waals surface area contributed by atoms with Crippen LogP contribution in [0.3, 0.4) is 0 Å². The van der Waals surface area contributed by atoms with Gasteiger partial charge in [-0.15, -0.1) is 0 Å². The third kappa shape index (κ3) is 5.32. The number of hydrogen-bond donors (Lipinski definition) is 1. The highest BCUT2D eigenvalue weighted by atomic mass is 16.6. The highest BCUT2D eigenvalue weighted by Gasteiger charge is 2.27. The lowest BCUT2D eigenvalue weighted by molar-refractivity contribution is -0.383. The molecule has 1 unspecified atom stereocenters. The number of carbonyl (C=O) groups excluding carboxylic acids is 1. The molecular weight excluding hydrogens is 370 g/mol. The summed E-state index contributed by atoms with van der Waals surface area (Å²) in [7, 11) is 1.66. The van der Waals surface area contributed by atoms with Crippen LogP contribution in [0.1, 0.15) is 25.3 Å². The van der Waals surface area contributed by atoms with Gasteiger partial charge in [0.25, 0.3) is 5.69 Å². The Bertz CT molecular complexity index is 845. The normalized spacial score (nSPS) is 16.2. The summed E-state index contributed by atoms with van der Waals surface area (Å²) in [5, 5.41) is 13.9. The standard InChI is InChI=1S/C22H27N3O4/c1-16(22(26)23-20-5-3-4-6-21(20)25(27)28)24-13-11-18(12-14-24)15-17-7-9-19(29-2)10-8-17/h3-10,16,18H,11-15H2,1-2H3,(H,23,26). The Kier molecular flexibility index (Phi) is 6.82. The highest BCUT2D eigenvalue weighted by molar-refractivity contribution is 5.96. The predicted octanol–water partition coefficient (Wildman–Crippen LogP) is 3.89. The Morgan fingerprint density at radius 3 is 2.48 bits per heavy atom. The van der Waals surface area contributed by atoms with E-state index >= 15 is 0 Å². The van der Waals surface area contributed by atoms with E-state index in [1.165, 1.54) is 11.6 Å². The number of methoxy groups -OCH3 is 1. The average molecular weight is 397 g/mol. The van der Waals surface area contributed by atoms with Crippen LogP contribution in [0.5, 0.6) is 5.75 Å². The monoisotopic (exact) mass is 397 g/mol. The van der Waals surface area contributed by atoms with E-state index in [4.69, 9.17) is 4.74 Å². The van der Waals surface area contributed by atoms with E-state index in [0.717, 1.165) is 38.1 Å². The lowest BCUT2D eigenvalue weighted by Gasteiger charge is -2.35. The van der Waals surface area contributed by atoms with Crippen LogP contribution in [-0.2, 0) is 11.2 Å². The number of amides is 1. The van der Waals surface area contributed by atoms with Gasteiger partial charge in [-0.25, -0.2) is 0 Å². The van der Waals surface area contributed by atoms with Crippen molar-refractivity contribution in [2.75, 3.05) is 25.5 Å². The smallest absolute Gasteiger partial charge is 0.292 e. The molecule has 0 aromatic heterocycles. The van der Waals surface area contributed by atoms with Crippen molar-refractivity contribution in [3.63, 3.8) is 0 Å². The highest BCUT2D eigenvalue weighted by Crippen LogP contribution is 2.26. The summed E-state index contributed by atoms with van der Waals surface area (Å²) in [5.74, 6) is 1.24. The molecule has 0 aliphatic carbocycles. The molecule has 1 heterocycles. The topological polar surface area (TPSA) is 84.7 Å². The first-order valence-corrected chi connectivity index (χ1v) is 9.89. The number of ether oxygens (including phenoxy) is 1. The Morgan fingerprint density at radius 1 is 1.21 bits per heavy atom. The fraction of sp³-hybridized carbons (Fsp3) is 0.409. The second kappa shape index (κ2) is 9.52. The first-order chi connectivity index (χ1) is 14.0. The number of para-hydroxylation sites is 2. The summed E-state index contributed by atoms with van der Waals surface area (Å²) in [5.41, 5.74) is 1.45. The second-order valence-electron chi connectivity index (χ2n) is 7.47. The van der Waals surface area contributed by atoms with Crippen LogP contribution < -0.4 is 10.1 Å². The van der Waals surface area contributed by atoms with E-state index in [0.29, 0.717) is 5.92 Å². The summed E-state index contributed by atoms with van der Waals surface area (Å²) in [6.07, 6.45) is 3.07. The van der Waals surface area contributed by atoms with Crippen molar-refractivity contribution < 1.29 is 14.5 Å². The number of anilines is 1. The molecule has 0 saturated carbocycles. The van der Waals surface area contributed by atoms with Crippen LogP contribution in [0.25, 0.3) is 0 Å². The maximum atomic E-state index is 12.6. The van der Waals surface area contributed by atoms with Crippen LogP contribution in [-0.4, -0.2) is 42.0 Å². The molecule has 1 saturated heterocycles. The summed E-state index contributed by atoms with van der Waals surface area (Å²) in [6.45, 7) is 3.53. The van der Waals surface area contributed by atoms with Gasteiger partial charge in [0.2, 0.25) is 5.91 Å². The van der Waals surface area contributed by atoms with E-state index in [2.05, 4.69) is 22.3 Å². The molecule has 1 atom stereocenters. The lowest BCUT2D eigenvalue weighted by Crippen LogP contribution is -2.46. The van der Waals surface area contributed by atoms with Gasteiger partial charge in [-0.05, 0) is 69.0 Å². The molecule has 3 rings (SSSR count). The number of carbonyl (C=O) groups is 1. The molecule has 1 aliphatic rings. The van der Waals surface area contributed by atoms with Gasteiger partial charge in [0, 0.05) is 6.07 Å². The molecule has 0 bridgehead atoms. The van der Waals surface area contributed by atoms with Gasteiger partial charge >= 0.3 is 0 Å². The largest absolute Gasteiger partial charge is 0.497 e. The molecule has 0 radical (unpaired) electrons. The van der Waals surface area contributed by atoms with E-state index in [1.807, 2.05) is 19.1 Å². The molecule has 1 amide bonds. The number of nitro benzene ring substituents is 1. The third-order valence-corrected chi connectivity index (χ3v) is 5.62. The van der Waals surface area contributed by atoms with E-state index in [-0.39, 0.29) is 23.3 Å². The van der Waals surface area contributed by atoms with Crippen molar-refractivity contribution in [1.82, 2.24) is 4.90 Å². The van der Waals surface area contributed by atoms with Crippen LogP contribution in [0, 0.1) is 16.0 Å². The van der Waals surface area contributed by atoms with Gasteiger partial charge in [0.05, 0.1) is 18.1 Å². The first kappa shape index (κ1) is 20.8. The Morgan fingerprint density at radius 2 is 1.86 bits per heavy atom. The number of piperidine rings is 1. The Balaban J connectivity index is 1.52. The molecule has 1 aliphatic heterocycles. The molecule has 1 N–H and O–H groups in total. The fourth-order valence-corrected chi connectivity index (χ4v) is 3.78. The minimum absolute atomic E-state index is 0.0914. The Hall–Kier alpha value is -2.93. The molecular formula is C22H27N3O4. The SMILES string of the molecule is COc1ccc(CC2CCN(C(C)C(=O)Nc3ccccc3[N+](=O)[O-])CC2)cc1. The van der Waals surface area contributed by atoms with Crippen LogP contribution in [0.15, 0.2) is 48.5 Å². The number of hydrogen-bond acceptors (Lipinski definition) is 5.